The first-order chi connectivity index (χ1) is 13.9. The van der Waals surface area contributed by atoms with Crippen molar-refractivity contribution in [3.8, 4) is 0 Å². The molecule has 0 unspecified atom stereocenters. The number of carbonyl (C=O) groups excluding carboxylic acids is 2. The Balaban J connectivity index is 1.48. The van der Waals surface area contributed by atoms with E-state index < -0.39 is 4.92 Å². The molecule has 1 aliphatic heterocycles. The third-order valence-electron chi connectivity index (χ3n) is 4.75. The summed E-state index contributed by atoms with van der Waals surface area (Å²) in [7, 11) is 0. The van der Waals surface area contributed by atoms with E-state index in [0.717, 1.165) is 5.56 Å². The highest BCUT2D eigenvalue weighted by atomic mass is 35.5. The van der Waals surface area contributed by atoms with Crippen molar-refractivity contribution >= 4 is 29.1 Å². The number of hydrogen-bond donors (Lipinski definition) is 1. The van der Waals surface area contributed by atoms with Gasteiger partial charge in [0.15, 0.2) is 0 Å². The second-order valence-corrected chi connectivity index (χ2v) is 7.16. The summed E-state index contributed by atoms with van der Waals surface area (Å²) in [6.07, 6.45) is 0. The molecule has 152 valence electrons. The largest absolute Gasteiger partial charge is 0.351 e. The number of carbonyl (C=O) groups is 2. The van der Waals surface area contributed by atoms with Crippen molar-refractivity contribution < 1.29 is 14.5 Å². The molecule has 2 aromatic rings. The highest BCUT2D eigenvalue weighted by molar-refractivity contribution is 6.34. The Morgan fingerprint density at radius 3 is 2.38 bits per heavy atom. The lowest BCUT2D eigenvalue weighted by molar-refractivity contribution is -0.384. The molecule has 2 aromatic carbocycles. The van der Waals surface area contributed by atoms with Crippen LogP contribution in [0.4, 0.5) is 5.69 Å². The second kappa shape index (κ2) is 9.49. The number of benzene rings is 2. The maximum Gasteiger partial charge on any atom is 0.270 e. The minimum Gasteiger partial charge on any atom is -0.351 e. The van der Waals surface area contributed by atoms with Crippen LogP contribution in [0.15, 0.2) is 48.5 Å². The summed E-state index contributed by atoms with van der Waals surface area (Å²) in [4.78, 5) is 38.7. The zero-order valence-electron chi connectivity index (χ0n) is 15.7. The molecule has 0 saturated carbocycles. The van der Waals surface area contributed by atoms with Gasteiger partial charge in [-0.25, -0.2) is 0 Å². The van der Waals surface area contributed by atoms with Crippen molar-refractivity contribution in [1.29, 1.82) is 0 Å². The highest BCUT2D eigenvalue weighted by Crippen LogP contribution is 2.24. The average Bonchev–Trinajstić information content (AvgIpc) is 2.73. The molecule has 2 amide bonds. The van der Waals surface area contributed by atoms with Crippen LogP contribution in [0.3, 0.4) is 0 Å². The molecule has 1 saturated heterocycles. The molecule has 29 heavy (non-hydrogen) atoms. The zero-order chi connectivity index (χ0) is 20.8. The Hall–Kier alpha value is -2.97. The summed E-state index contributed by atoms with van der Waals surface area (Å²) in [5, 5.41) is 13.8. The van der Waals surface area contributed by atoms with Crippen LogP contribution in [0.5, 0.6) is 0 Å². The van der Waals surface area contributed by atoms with Gasteiger partial charge in [-0.3, -0.25) is 24.6 Å². The number of amides is 2. The molecule has 0 aliphatic carbocycles. The minimum absolute atomic E-state index is 0.0620. The number of nitro benzene ring substituents is 1. The summed E-state index contributed by atoms with van der Waals surface area (Å²) in [5.41, 5.74) is 1.13. The number of halogens is 1. The van der Waals surface area contributed by atoms with Gasteiger partial charge in [0.25, 0.3) is 11.6 Å². The predicted octanol–water partition coefficient (Wildman–Crippen LogP) is 2.32. The van der Waals surface area contributed by atoms with Gasteiger partial charge in [-0.2, -0.15) is 0 Å². The van der Waals surface area contributed by atoms with Gasteiger partial charge >= 0.3 is 0 Å². The third-order valence-corrected chi connectivity index (χ3v) is 5.07. The van der Waals surface area contributed by atoms with E-state index in [1.807, 2.05) is 35.2 Å². The fourth-order valence-electron chi connectivity index (χ4n) is 3.13. The first-order valence-electron chi connectivity index (χ1n) is 9.20. The summed E-state index contributed by atoms with van der Waals surface area (Å²) in [6.45, 7) is 2.80. The van der Waals surface area contributed by atoms with Crippen LogP contribution in [-0.2, 0) is 11.3 Å². The molecule has 0 bridgehead atoms. The molecule has 1 fully saturated rings. The summed E-state index contributed by atoms with van der Waals surface area (Å²) >= 11 is 6.06. The Morgan fingerprint density at radius 2 is 1.76 bits per heavy atom. The summed E-state index contributed by atoms with van der Waals surface area (Å²) in [6, 6.07) is 13.5. The molecule has 1 N–H and O–H groups in total. The molecular weight excluding hydrogens is 396 g/mol. The molecule has 9 heteroatoms. The standard InChI is InChI=1S/C20H21ClN4O4/c21-18-12-16(25(28)29)6-7-17(18)20(27)24-10-8-23(9-11-24)14-19(26)22-13-15-4-2-1-3-5-15/h1-7,12H,8-11,13-14H2,(H,22,26). The fourth-order valence-corrected chi connectivity index (χ4v) is 3.38. The Labute approximate surface area is 173 Å². The van der Waals surface area contributed by atoms with Gasteiger partial charge in [0, 0.05) is 44.9 Å². The van der Waals surface area contributed by atoms with E-state index in [1.54, 1.807) is 4.90 Å². The van der Waals surface area contributed by atoms with Gasteiger partial charge in [-0.05, 0) is 11.6 Å². The molecule has 0 radical (unpaired) electrons. The Morgan fingerprint density at radius 1 is 1.07 bits per heavy atom. The van der Waals surface area contributed by atoms with Crippen molar-refractivity contribution in [2.24, 2.45) is 0 Å². The van der Waals surface area contributed by atoms with Gasteiger partial charge in [0.05, 0.1) is 22.1 Å². The van der Waals surface area contributed by atoms with Crippen LogP contribution in [0.25, 0.3) is 0 Å². The van der Waals surface area contributed by atoms with Crippen LogP contribution >= 0.6 is 11.6 Å². The van der Waals surface area contributed by atoms with E-state index >= 15 is 0 Å². The quantitative estimate of drug-likeness (QED) is 0.576. The lowest BCUT2D eigenvalue weighted by atomic mass is 10.1. The van der Waals surface area contributed by atoms with Crippen molar-refractivity contribution in [2.45, 2.75) is 6.54 Å². The van der Waals surface area contributed by atoms with Crippen molar-refractivity contribution in [3.63, 3.8) is 0 Å². The van der Waals surface area contributed by atoms with E-state index in [-0.39, 0.29) is 34.6 Å². The van der Waals surface area contributed by atoms with Crippen LogP contribution in [0.1, 0.15) is 15.9 Å². The molecule has 0 atom stereocenters. The number of nitrogens with zero attached hydrogens (tertiary/aromatic N) is 3. The lowest BCUT2D eigenvalue weighted by Crippen LogP contribution is -2.51. The molecule has 0 spiro atoms. The maximum atomic E-state index is 12.7. The predicted molar refractivity (Wildman–Crippen MR) is 109 cm³/mol. The maximum absolute atomic E-state index is 12.7. The molecule has 8 nitrogen and oxygen atoms in total. The molecular formula is C20H21ClN4O4. The summed E-state index contributed by atoms with van der Waals surface area (Å²) in [5.74, 6) is -0.329. The van der Waals surface area contributed by atoms with Gasteiger partial charge in [0.1, 0.15) is 0 Å². The third kappa shape index (κ3) is 5.52. The molecule has 1 heterocycles. The van der Waals surface area contributed by atoms with Gasteiger partial charge in [0.2, 0.25) is 5.91 Å². The monoisotopic (exact) mass is 416 g/mol. The van der Waals surface area contributed by atoms with Crippen molar-refractivity contribution in [1.82, 2.24) is 15.1 Å². The smallest absolute Gasteiger partial charge is 0.270 e. The first-order valence-corrected chi connectivity index (χ1v) is 9.58. The van der Waals surface area contributed by atoms with Crippen LogP contribution in [0.2, 0.25) is 5.02 Å². The number of rotatable bonds is 6. The number of non-ortho nitro benzene ring substituents is 1. The van der Waals surface area contributed by atoms with E-state index in [4.69, 9.17) is 11.6 Å². The van der Waals surface area contributed by atoms with E-state index in [9.17, 15) is 19.7 Å². The SMILES string of the molecule is O=C(CN1CCN(C(=O)c2ccc([N+](=O)[O-])cc2Cl)CC1)NCc1ccccc1. The van der Waals surface area contributed by atoms with Gasteiger partial charge in [-0.15, -0.1) is 0 Å². The van der Waals surface area contributed by atoms with Crippen LogP contribution in [-0.4, -0.2) is 59.3 Å². The summed E-state index contributed by atoms with van der Waals surface area (Å²) < 4.78 is 0. The first kappa shape index (κ1) is 20.8. The second-order valence-electron chi connectivity index (χ2n) is 6.75. The minimum atomic E-state index is -0.554. The van der Waals surface area contributed by atoms with Gasteiger partial charge < -0.3 is 10.2 Å². The molecule has 1 aliphatic rings. The Kier molecular flexibility index (Phi) is 6.79. The van der Waals surface area contributed by atoms with Crippen LogP contribution < -0.4 is 5.32 Å². The van der Waals surface area contributed by atoms with Gasteiger partial charge in [-0.1, -0.05) is 41.9 Å². The lowest BCUT2D eigenvalue weighted by Gasteiger charge is -2.34. The van der Waals surface area contributed by atoms with Crippen molar-refractivity contribution in [2.75, 3.05) is 32.7 Å². The zero-order valence-corrected chi connectivity index (χ0v) is 16.5. The highest BCUT2D eigenvalue weighted by Gasteiger charge is 2.25. The fraction of sp³-hybridized carbons (Fsp3) is 0.300. The van der Waals surface area contributed by atoms with Crippen molar-refractivity contribution in [3.05, 3.63) is 74.8 Å². The van der Waals surface area contributed by atoms with E-state index in [1.165, 1.54) is 18.2 Å². The molecule has 3 rings (SSSR count). The van der Waals surface area contributed by atoms with Crippen LogP contribution in [0, 0.1) is 10.1 Å². The average molecular weight is 417 g/mol. The Bertz CT molecular complexity index is 899. The number of nitro groups is 1. The number of hydrogen-bond acceptors (Lipinski definition) is 5. The molecule has 0 aromatic heterocycles. The number of piperazine rings is 1. The van der Waals surface area contributed by atoms with E-state index in [2.05, 4.69) is 5.32 Å². The van der Waals surface area contributed by atoms with E-state index in [0.29, 0.717) is 32.7 Å². The topological polar surface area (TPSA) is 95.8 Å². The normalized spacial score (nSPS) is 14.4. The number of nitrogens with one attached hydrogen (secondary N) is 1.